The Morgan fingerprint density at radius 2 is 2.26 bits per heavy atom. The molecule has 1 atom stereocenters. The van der Waals surface area contributed by atoms with E-state index in [9.17, 15) is 4.79 Å². The zero-order valence-corrected chi connectivity index (χ0v) is 11.7. The summed E-state index contributed by atoms with van der Waals surface area (Å²) in [6, 6.07) is 5.97. The predicted molar refractivity (Wildman–Crippen MR) is 75.2 cm³/mol. The van der Waals surface area contributed by atoms with Crippen molar-refractivity contribution in [3.05, 3.63) is 29.3 Å². The molecule has 4 heteroatoms. The lowest BCUT2D eigenvalue weighted by molar-refractivity contribution is -0.132. The lowest BCUT2D eigenvalue weighted by Gasteiger charge is -2.17. The molecule has 1 fully saturated rings. The molecular formula is C15H22N2O2. The zero-order valence-electron chi connectivity index (χ0n) is 11.7. The number of aryl methyl sites for hydroxylation is 2. The van der Waals surface area contributed by atoms with Crippen molar-refractivity contribution in [2.75, 3.05) is 26.2 Å². The number of carbonyl (C=O) groups excluding carboxylic acids is 1. The molecule has 1 saturated heterocycles. The second-order valence-electron chi connectivity index (χ2n) is 5.29. The Labute approximate surface area is 114 Å². The summed E-state index contributed by atoms with van der Waals surface area (Å²) in [5.41, 5.74) is 7.89. The molecule has 104 valence electrons. The highest BCUT2D eigenvalue weighted by molar-refractivity contribution is 5.78. The third kappa shape index (κ3) is 3.47. The molecule has 1 aliphatic rings. The first-order valence-electron chi connectivity index (χ1n) is 6.78. The molecular weight excluding hydrogens is 240 g/mol. The Balaban J connectivity index is 1.87. The molecule has 4 nitrogen and oxygen atoms in total. The standard InChI is InChI=1S/C15H22N2O2/c1-11-3-4-14(12(2)7-11)19-10-15(18)17-6-5-13(8-16)9-17/h3-4,7,13H,5-6,8-10,16H2,1-2H3/t13-/m1/s1. The number of likely N-dealkylation sites (tertiary alicyclic amines) is 1. The topological polar surface area (TPSA) is 55.6 Å². The summed E-state index contributed by atoms with van der Waals surface area (Å²) in [4.78, 5) is 13.9. The van der Waals surface area contributed by atoms with Gasteiger partial charge in [-0.15, -0.1) is 0 Å². The highest BCUT2D eigenvalue weighted by Crippen LogP contribution is 2.19. The summed E-state index contributed by atoms with van der Waals surface area (Å²) in [6.45, 7) is 6.37. The summed E-state index contributed by atoms with van der Waals surface area (Å²) in [5.74, 6) is 1.29. The molecule has 2 rings (SSSR count). The van der Waals surface area contributed by atoms with Gasteiger partial charge in [0, 0.05) is 13.1 Å². The molecule has 19 heavy (non-hydrogen) atoms. The van der Waals surface area contributed by atoms with E-state index in [1.807, 2.05) is 30.9 Å². The second kappa shape index (κ2) is 6.06. The van der Waals surface area contributed by atoms with Gasteiger partial charge in [-0.25, -0.2) is 0 Å². The van der Waals surface area contributed by atoms with Crippen molar-refractivity contribution in [1.82, 2.24) is 4.90 Å². The molecule has 0 spiro atoms. The number of ether oxygens (including phenoxy) is 1. The Bertz CT molecular complexity index is 459. The number of hydrogen-bond donors (Lipinski definition) is 1. The Morgan fingerprint density at radius 3 is 2.89 bits per heavy atom. The summed E-state index contributed by atoms with van der Waals surface area (Å²) < 4.78 is 5.61. The monoisotopic (exact) mass is 262 g/mol. The van der Waals surface area contributed by atoms with Crippen LogP contribution in [0, 0.1) is 19.8 Å². The van der Waals surface area contributed by atoms with E-state index in [0.29, 0.717) is 12.5 Å². The molecule has 0 aliphatic carbocycles. The van der Waals surface area contributed by atoms with E-state index in [1.54, 1.807) is 0 Å². The molecule has 0 bridgehead atoms. The Kier molecular flexibility index (Phi) is 4.43. The van der Waals surface area contributed by atoms with Gasteiger partial charge in [-0.05, 0) is 44.4 Å². The first-order chi connectivity index (χ1) is 9.10. The van der Waals surface area contributed by atoms with Crippen molar-refractivity contribution in [3.8, 4) is 5.75 Å². The highest BCUT2D eigenvalue weighted by Gasteiger charge is 2.25. The van der Waals surface area contributed by atoms with Gasteiger partial charge in [0.25, 0.3) is 5.91 Å². The Morgan fingerprint density at radius 1 is 1.47 bits per heavy atom. The predicted octanol–water partition coefficient (Wildman–Crippen LogP) is 1.49. The zero-order chi connectivity index (χ0) is 13.8. The minimum atomic E-state index is 0.0518. The van der Waals surface area contributed by atoms with Crippen LogP contribution in [0.2, 0.25) is 0 Å². The molecule has 1 aromatic rings. The van der Waals surface area contributed by atoms with E-state index >= 15 is 0 Å². The number of nitrogens with two attached hydrogens (primary N) is 1. The fourth-order valence-electron chi connectivity index (χ4n) is 2.44. The Hall–Kier alpha value is -1.55. The van der Waals surface area contributed by atoms with Crippen molar-refractivity contribution in [1.29, 1.82) is 0 Å². The minimum absolute atomic E-state index is 0.0518. The van der Waals surface area contributed by atoms with Crippen molar-refractivity contribution < 1.29 is 9.53 Å². The maximum absolute atomic E-state index is 12.0. The van der Waals surface area contributed by atoms with E-state index < -0.39 is 0 Å². The number of rotatable bonds is 4. The van der Waals surface area contributed by atoms with E-state index in [1.165, 1.54) is 5.56 Å². The van der Waals surface area contributed by atoms with Gasteiger partial charge in [-0.3, -0.25) is 4.79 Å². The number of benzene rings is 1. The largest absolute Gasteiger partial charge is 0.484 e. The van der Waals surface area contributed by atoms with E-state index in [0.717, 1.165) is 30.8 Å². The quantitative estimate of drug-likeness (QED) is 0.894. The van der Waals surface area contributed by atoms with Crippen LogP contribution in [0.1, 0.15) is 17.5 Å². The van der Waals surface area contributed by atoms with Gasteiger partial charge in [0.2, 0.25) is 0 Å². The van der Waals surface area contributed by atoms with Crippen molar-refractivity contribution >= 4 is 5.91 Å². The smallest absolute Gasteiger partial charge is 0.260 e. The molecule has 1 amide bonds. The lowest BCUT2D eigenvalue weighted by atomic mass is 10.1. The van der Waals surface area contributed by atoms with Gasteiger partial charge >= 0.3 is 0 Å². The SMILES string of the molecule is Cc1ccc(OCC(=O)N2CC[C@H](CN)C2)c(C)c1. The maximum Gasteiger partial charge on any atom is 0.260 e. The van der Waals surface area contributed by atoms with E-state index in [4.69, 9.17) is 10.5 Å². The summed E-state index contributed by atoms with van der Waals surface area (Å²) in [7, 11) is 0. The average Bonchev–Trinajstić information content (AvgIpc) is 2.86. The van der Waals surface area contributed by atoms with Crippen LogP contribution in [0.3, 0.4) is 0 Å². The van der Waals surface area contributed by atoms with Crippen molar-refractivity contribution in [3.63, 3.8) is 0 Å². The fraction of sp³-hybridized carbons (Fsp3) is 0.533. The second-order valence-corrected chi connectivity index (χ2v) is 5.29. The van der Waals surface area contributed by atoms with Crippen LogP contribution < -0.4 is 10.5 Å². The first-order valence-corrected chi connectivity index (χ1v) is 6.78. The third-order valence-corrected chi connectivity index (χ3v) is 3.65. The van der Waals surface area contributed by atoms with Crippen LogP contribution in [0.4, 0.5) is 0 Å². The van der Waals surface area contributed by atoms with Crippen LogP contribution in [0.25, 0.3) is 0 Å². The number of amides is 1. The third-order valence-electron chi connectivity index (χ3n) is 3.65. The molecule has 0 radical (unpaired) electrons. The minimum Gasteiger partial charge on any atom is -0.484 e. The van der Waals surface area contributed by atoms with Gasteiger partial charge in [0.1, 0.15) is 5.75 Å². The van der Waals surface area contributed by atoms with Gasteiger partial charge in [-0.2, -0.15) is 0 Å². The van der Waals surface area contributed by atoms with E-state index in [2.05, 4.69) is 6.07 Å². The van der Waals surface area contributed by atoms with Crippen molar-refractivity contribution in [2.45, 2.75) is 20.3 Å². The van der Waals surface area contributed by atoms with Crippen LogP contribution in [-0.2, 0) is 4.79 Å². The summed E-state index contributed by atoms with van der Waals surface area (Å²) in [5, 5.41) is 0. The fourth-order valence-corrected chi connectivity index (χ4v) is 2.44. The van der Waals surface area contributed by atoms with Crippen LogP contribution in [0.15, 0.2) is 18.2 Å². The first kappa shape index (κ1) is 13.9. The number of hydrogen-bond acceptors (Lipinski definition) is 3. The van der Waals surface area contributed by atoms with Gasteiger partial charge in [-0.1, -0.05) is 17.7 Å². The lowest BCUT2D eigenvalue weighted by Crippen LogP contribution is -2.33. The normalized spacial score (nSPS) is 18.7. The molecule has 0 saturated carbocycles. The molecule has 0 aromatic heterocycles. The van der Waals surface area contributed by atoms with Gasteiger partial charge in [0.05, 0.1) is 0 Å². The molecule has 1 heterocycles. The van der Waals surface area contributed by atoms with Crippen LogP contribution >= 0.6 is 0 Å². The highest BCUT2D eigenvalue weighted by atomic mass is 16.5. The molecule has 0 unspecified atom stereocenters. The molecule has 1 aromatic carbocycles. The summed E-state index contributed by atoms with van der Waals surface area (Å²) >= 11 is 0. The van der Waals surface area contributed by atoms with Gasteiger partial charge in [0.15, 0.2) is 6.61 Å². The number of carbonyl (C=O) groups is 1. The van der Waals surface area contributed by atoms with Crippen molar-refractivity contribution in [2.24, 2.45) is 11.7 Å². The summed E-state index contributed by atoms with van der Waals surface area (Å²) in [6.07, 6.45) is 1.01. The van der Waals surface area contributed by atoms with E-state index in [-0.39, 0.29) is 12.5 Å². The van der Waals surface area contributed by atoms with Crippen LogP contribution in [0.5, 0.6) is 5.75 Å². The van der Waals surface area contributed by atoms with Gasteiger partial charge < -0.3 is 15.4 Å². The molecule has 2 N–H and O–H groups in total. The molecule has 1 aliphatic heterocycles. The average molecular weight is 262 g/mol. The maximum atomic E-state index is 12.0. The van der Waals surface area contributed by atoms with Crippen LogP contribution in [-0.4, -0.2) is 37.0 Å². The number of nitrogens with zero attached hydrogens (tertiary/aromatic N) is 1.